The number of rotatable bonds is 5. The first-order valence-corrected chi connectivity index (χ1v) is 6.56. The van der Waals surface area contributed by atoms with Gasteiger partial charge in [0.25, 0.3) is 0 Å². The quantitative estimate of drug-likeness (QED) is 0.837. The van der Waals surface area contributed by atoms with E-state index in [1.165, 1.54) is 7.11 Å². The van der Waals surface area contributed by atoms with E-state index < -0.39 is 0 Å². The summed E-state index contributed by atoms with van der Waals surface area (Å²) in [5.74, 6) is -0.254. The Labute approximate surface area is 121 Å². The van der Waals surface area contributed by atoms with E-state index in [9.17, 15) is 4.79 Å². The van der Waals surface area contributed by atoms with Crippen molar-refractivity contribution in [3.8, 4) is 0 Å². The van der Waals surface area contributed by atoms with Crippen LogP contribution in [0.2, 0.25) is 15.1 Å². The first-order valence-electron chi connectivity index (χ1n) is 5.42. The lowest BCUT2D eigenvalue weighted by Gasteiger charge is -2.15. The van der Waals surface area contributed by atoms with Crippen molar-refractivity contribution in [2.45, 2.75) is 25.3 Å². The van der Waals surface area contributed by atoms with Crippen molar-refractivity contribution in [3.05, 3.63) is 32.8 Å². The summed E-state index contributed by atoms with van der Waals surface area (Å²) < 4.78 is 4.55. The maximum absolute atomic E-state index is 11.0. The molecule has 0 bridgehead atoms. The number of esters is 1. The minimum Gasteiger partial charge on any atom is -0.469 e. The van der Waals surface area contributed by atoms with Gasteiger partial charge in [-0.25, -0.2) is 0 Å². The van der Waals surface area contributed by atoms with Crippen molar-refractivity contribution in [1.82, 2.24) is 0 Å². The standard InChI is InChI=1S/C12H14Cl3NO2/c1-18-11(17)4-2-3-10(16)12-8(14)5-7(13)6-9(12)15/h5-6,10H,2-4,16H2,1H3. The van der Waals surface area contributed by atoms with Gasteiger partial charge in [0.15, 0.2) is 0 Å². The highest BCUT2D eigenvalue weighted by Gasteiger charge is 2.15. The molecular formula is C12H14Cl3NO2. The second-order valence-corrected chi connectivity index (χ2v) is 5.11. The fraction of sp³-hybridized carbons (Fsp3) is 0.417. The summed E-state index contributed by atoms with van der Waals surface area (Å²) in [4.78, 5) is 11.0. The summed E-state index contributed by atoms with van der Waals surface area (Å²) in [6.45, 7) is 0. The lowest BCUT2D eigenvalue weighted by molar-refractivity contribution is -0.140. The average molecular weight is 311 g/mol. The van der Waals surface area contributed by atoms with Crippen LogP contribution in [0.25, 0.3) is 0 Å². The van der Waals surface area contributed by atoms with Gasteiger partial charge >= 0.3 is 5.97 Å². The normalized spacial score (nSPS) is 12.3. The van der Waals surface area contributed by atoms with Crippen molar-refractivity contribution >= 4 is 40.8 Å². The third kappa shape index (κ3) is 4.32. The van der Waals surface area contributed by atoms with Crippen LogP contribution in [0.4, 0.5) is 0 Å². The molecule has 0 saturated heterocycles. The van der Waals surface area contributed by atoms with Gasteiger partial charge in [0.05, 0.1) is 7.11 Å². The number of carbonyl (C=O) groups excluding carboxylic acids is 1. The Balaban J connectivity index is 2.67. The molecule has 1 aromatic rings. The van der Waals surface area contributed by atoms with Crippen LogP contribution in [-0.2, 0) is 9.53 Å². The van der Waals surface area contributed by atoms with Gasteiger partial charge in [-0.05, 0) is 25.0 Å². The Morgan fingerprint density at radius 1 is 1.33 bits per heavy atom. The molecule has 0 spiro atoms. The number of halogens is 3. The van der Waals surface area contributed by atoms with Crippen LogP contribution in [0.15, 0.2) is 12.1 Å². The van der Waals surface area contributed by atoms with E-state index in [0.717, 1.165) is 0 Å². The molecule has 1 atom stereocenters. The van der Waals surface area contributed by atoms with Crippen LogP contribution >= 0.6 is 34.8 Å². The third-order valence-corrected chi connectivity index (χ3v) is 3.38. The first kappa shape index (κ1) is 15.6. The van der Waals surface area contributed by atoms with Crippen LogP contribution in [0.5, 0.6) is 0 Å². The molecule has 0 amide bonds. The summed E-state index contributed by atoms with van der Waals surface area (Å²) in [6, 6.07) is 2.88. The first-order chi connectivity index (χ1) is 8.45. The third-order valence-electron chi connectivity index (χ3n) is 2.54. The molecule has 6 heteroatoms. The van der Waals surface area contributed by atoms with Gasteiger partial charge in [-0.3, -0.25) is 4.79 Å². The maximum atomic E-state index is 11.0. The molecule has 18 heavy (non-hydrogen) atoms. The minimum atomic E-state index is -0.327. The molecule has 1 rings (SSSR count). The van der Waals surface area contributed by atoms with Crippen molar-refractivity contribution in [1.29, 1.82) is 0 Å². The van der Waals surface area contributed by atoms with E-state index in [-0.39, 0.29) is 12.0 Å². The molecule has 3 nitrogen and oxygen atoms in total. The molecule has 0 aliphatic rings. The van der Waals surface area contributed by atoms with E-state index in [1.54, 1.807) is 12.1 Å². The summed E-state index contributed by atoms with van der Waals surface area (Å²) in [7, 11) is 1.36. The van der Waals surface area contributed by atoms with Crippen LogP contribution in [0.3, 0.4) is 0 Å². The number of ether oxygens (including phenoxy) is 1. The lowest BCUT2D eigenvalue weighted by Crippen LogP contribution is -2.12. The summed E-state index contributed by atoms with van der Waals surface area (Å²) >= 11 is 17.9. The van der Waals surface area contributed by atoms with E-state index in [2.05, 4.69) is 4.74 Å². The number of nitrogens with two attached hydrogens (primary N) is 1. The van der Waals surface area contributed by atoms with E-state index >= 15 is 0 Å². The van der Waals surface area contributed by atoms with Crippen LogP contribution in [-0.4, -0.2) is 13.1 Å². The Kier molecular flexibility index (Phi) is 6.22. The topological polar surface area (TPSA) is 52.3 Å². The van der Waals surface area contributed by atoms with Gasteiger partial charge in [-0.1, -0.05) is 34.8 Å². The van der Waals surface area contributed by atoms with Gasteiger partial charge in [0, 0.05) is 33.1 Å². The summed E-state index contributed by atoms with van der Waals surface area (Å²) in [5.41, 5.74) is 6.67. The van der Waals surface area contributed by atoms with E-state index in [1.807, 2.05) is 0 Å². The molecule has 0 heterocycles. The molecule has 0 fully saturated rings. The van der Waals surface area contributed by atoms with Crippen LogP contribution < -0.4 is 5.73 Å². The predicted molar refractivity (Wildman–Crippen MR) is 74.3 cm³/mol. The van der Waals surface area contributed by atoms with Gasteiger partial charge < -0.3 is 10.5 Å². The summed E-state index contributed by atoms with van der Waals surface area (Å²) in [5, 5.41) is 1.35. The molecule has 0 aliphatic heterocycles. The Morgan fingerprint density at radius 2 is 1.89 bits per heavy atom. The number of methoxy groups -OCH3 is 1. The maximum Gasteiger partial charge on any atom is 0.305 e. The number of hydrogen-bond acceptors (Lipinski definition) is 3. The van der Waals surface area contributed by atoms with Crippen molar-refractivity contribution in [3.63, 3.8) is 0 Å². The van der Waals surface area contributed by atoms with E-state index in [0.29, 0.717) is 39.9 Å². The highest BCUT2D eigenvalue weighted by atomic mass is 35.5. The molecule has 1 aromatic carbocycles. The fourth-order valence-corrected chi connectivity index (χ4v) is 2.72. The SMILES string of the molecule is COC(=O)CCCC(N)c1c(Cl)cc(Cl)cc1Cl. The Morgan fingerprint density at radius 3 is 2.39 bits per heavy atom. The monoisotopic (exact) mass is 309 g/mol. The van der Waals surface area contributed by atoms with Crippen molar-refractivity contribution < 1.29 is 9.53 Å². The molecule has 0 saturated carbocycles. The zero-order valence-electron chi connectivity index (χ0n) is 9.88. The van der Waals surface area contributed by atoms with Crippen molar-refractivity contribution in [2.24, 2.45) is 5.73 Å². The van der Waals surface area contributed by atoms with E-state index in [4.69, 9.17) is 40.5 Å². The van der Waals surface area contributed by atoms with Gasteiger partial charge in [0.1, 0.15) is 0 Å². The van der Waals surface area contributed by atoms with Crippen molar-refractivity contribution in [2.75, 3.05) is 7.11 Å². The number of benzene rings is 1. The highest BCUT2D eigenvalue weighted by Crippen LogP contribution is 2.34. The zero-order chi connectivity index (χ0) is 13.7. The number of carbonyl (C=O) groups is 1. The molecule has 100 valence electrons. The average Bonchev–Trinajstić information content (AvgIpc) is 2.27. The Hall–Kier alpha value is -0.480. The van der Waals surface area contributed by atoms with Gasteiger partial charge in [0.2, 0.25) is 0 Å². The molecule has 1 unspecified atom stereocenters. The second kappa shape index (κ2) is 7.19. The lowest BCUT2D eigenvalue weighted by atomic mass is 10.0. The predicted octanol–water partition coefficient (Wildman–Crippen LogP) is 3.99. The molecule has 0 radical (unpaired) electrons. The van der Waals surface area contributed by atoms with Crippen LogP contribution in [0, 0.1) is 0 Å². The number of hydrogen-bond donors (Lipinski definition) is 1. The second-order valence-electron chi connectivity index (χ2n) is 3.86. The van der Waals surface area contributed by atoms with Crippen LogP contribution in [0.1, 0.15) is 30.9 Å². The smallest absolute Gasteiger partial charge is 0.305 e. The zero-order valence-corrected chi connectivity index (χ0v) is 12.1. The molecular weight excluding hydrogens is 296 g/mol. The van der Waals surface area contributed by atoms with Gasteiger partial charge in [-0.15, -0.1) is 0 Å². The Bertz CT molecular complexity index is 414. The fourth-order valence-electron chi connectivity index (χ4n) is 1.62. The summed E-state index contributed by atoms with van der Waals surface area (Å²) in [6.07, 6.45) is 1.53. The molecule has 0 aliphatic carbocycles. The molecule has 0 aromatic heterocycles. The molecule has 2 N–H and O–H groups in total. The minimum absolute atomic E-state index is 0.254. The van der Waals surface area contributed by atoms with Gasteiger partial charge in [-0.2, -0.15) is 0 Å². The largest absolute Gasteiger partial charge is 0.469 e. The highest BCUT2D eigenvalue weighted by molar-refractivity contribution is 6.39.